The third-order valence-corrected chi connectivity index (χ3v) is 4.18. The number of benzene rings is 1. The number of ether oxygens (including phenoxy) is 3. The lowest BCUT2D eigenvalue weighted by atomic mass is 9.73. The number of rotatable bonds is 7. The topological polar surface area (TPSA) is 94.1 Å². The van der Waals surface area contributed by atoms with Gasteiger partial charge in [0.2, 0.25) is 5.91 Å². The molecule has 0 aromatic heterocycles. The maximum absolute atomic E-state index is 12.2. The number of carbonyl (C=O) groups is 2. The van der Waals surface area contributed by atoms with Crippen LogP contribution in [0.4, 0.5) is 0 Å². The molecular formula is C16H21NO6. The van der Waals surface area contributed by atoms with Crippen molar-refractivity contribution in [2.45, 2.75) is 19.4 Å². The number of hydrogen-bond donors (Lipinski definition) is 2. The van der Waals surface area contributed by atoms with Crippen molar-refractivity contribution in [3.63, 3.8) is 0 Å². The van der Waals surface area contributed by atoms with Gasteiger partial charge in [-0.2, -0.15) is 0 Å². The molecule has 0 radical (unpaired) electrons. The highest BCUT2D eigenvalue weighted by atomic mass is 16.5. The maximum Gasteiger partial charge on any atom is 0.307 e. The molecule has 2 N–H and O–H groups in total. The molecule has 1 amide bonds. The van der Waals surface area contributed by atoms with E-state index in [1.54, 1.807) is 12.1 Å². The van der Waals surface area contributed by atoms with Gasteiger partial charge in [0.1, 0.15) is 17.2 Å². The largest absolute Gasteiger partial charge is 0.496 e. The molecule has 1 aromatic carbocycles. The molecule has 7 nitrogen and oxygen atoms in total. The summed E-state index contributed by atoms with van der Waals surface area (Å²) in [5, 5.41) is 11.8. The molecule has 0 spiro atoms. The zero-order valence-electron chi connectivity index (χ0n) is 13.4. The van der Waals surface area contributed by atoms with E-state index in [-0.39, 0.29) is 12.5 Å². The summed E-state index contributed by atoms with van der Waals surface area (Å²) < 4.78 is 15.8. The summed E-state index contributed by atoms with van der Waals surface area (Å²) in [5.74, 6) is -0.592. The molecule has 0 saturated heterocycles. The number of nitrogens with one attached hydrogen (secondary N) is 1. The maximum atomic E-state index is 12.2. The summed E-state index contributed by atoms with van der Waals surface area (Å²) in [6.45, 7) is 0.192. The van der Waals surface area contributed by atoms with E-state index in [1.807, 2.05) is 0 Å². The minimum atomic E-state index is -0.920. The van der Waals surface area contributed by atoms with Crippen LogP contribution in [-0.2, 0) is 16.1 Å². The number of methoxy groups -OCH3 is 3. The zero-order chi connectivity index (χ0) is 17.0. The molecular weight excluding hydrogens is 302 g/mol. The molecule has 2 unspecified atom stereocenters. The van der Waals surface area contributed by atoms with E-state index in [2.05, 4.69) is 5.32 Å². The number of aliphatic carboxylic acids is 1. The fourth-order valence-corrected chi connectivity index (χ4v) is 2.67. The normalized spacial score (nSPS) is 19.4. The van der Waals surface area contributed by atoms with Crippen LogP contribution in [0.25, 0.3) is 0 Å². The molecule has 7 heteroatoms. The number of carboxylic acids is 1. The van der Waals surface area contributed by atoms with Gasteiger partial charge in [0.15, 0.2) is 0 Å². The second-order valence-electron chi connectivity index (χ2n) is 5.36. The van der Waals surface area contributed by atoms with Crippen LogP contribution in [0.15, 0.2) is 12.1 Å². The Bertz CT molecular complexity index is 575. The third-order valence-electron chi connectivity index (χ3n) is 4.18. The van der Waals surface area contributed by atoms with Crippen molar-refractivity contribution >= 4 is 11.9 Å². The minimum Gasteiger partial charge on any atom is -0.496 e. The van der Waals surface area contributed by atoms with Gasteiger partial charge in [-0.05, 0) is 12.8 Å². The molecule has 0 aliphatic heterocycles. The van der Waals surface area contributed by atoms with E-state index in [9.17, 15) is 9.59 Å². The highest BCUT2D eigenvalue weighted by Crippen LogP contribution is 2.36. The van der Waals surface area contributed by atoms with Gasteiger partial charge in [-0.3, -0.25) is 9.59 Å². The molecule has 0 heterocycles. The first-order valence-electron chi connectivity index (χ1n) is 7.31. The second kappa shape index (κ2) is 7.21. The first kappa shape index (κ1) is 16.9. The molecule has 1 aromatic rings. The van der Waals surface area contributed by atoms with Crippen molar-refractivity contribution in [1.29, 1.82) is 0 Å². The summed E-state index contributed by atoms with van der Waals surface area (Å²) in [6, 6.07) is 3.40. The van der Waals surface area contributed by atoms with Gasteiger partial charge in [-0.25, -0.2) is 0 Å². The molecule has 126 valence electrons. The summed E-state index contributed by atoms with van der Waals surface area (Å²) in [7, 11) is 4.58. The monoisotopic (exact) mass is 323 g/mol. The third kappa shape index (κ3) is 3.49. The highest BCUT2D eigenvalue weighted by Gasteiger charge is 2.41. The predicted molar refractivity (Wildman–Crippen MR) is 81.8 cm³/mol. The van der Waals surface area contributed by atoms with Gasteiger partial charge in [-0.1, -0.05) is 0 Å². The van der Waals surface area contributed by atoms with Gasteiger partial charge < -0.3 is 24.6 Å². The van der Waals surface area contributed by atoms with Crippen LogP contribution in [-0.4, -0.2) is 38.3 Å². The van der Waals surface area contributed by atoms with Crippen LogP contribution < -0.4 is 19.5 Å². The Morgan fingerprint density at radius 1 is 1.09 bits per heavy atom. The number of hydrogen-bond acceptors (Lipinski definition) is 5. The molecule has 2 atom stereocenters. The van der Waals surface area contributed by atoms with Gasteiger partial charge >= 0.3 is 5.97 Å². The first-order valence-corrected chi connectivity index (χ1v) is 7.31. The fourth-order valence-electron chi connectivity index (χ4n) is 2.67. The van der Waals surface area contributed by atoms with Crippen molar-refractivity contribution in [3.8, 4) is 17.2 Å². The number of carbonyl (C=O) groups excluding carboxylic acids is 1. The summed E-state index contributed by atoms with van der Waals surface area (Å²) in [6.07, 6.45) is 1.14. The van der Waals surface area contributed by atoms with Crippen molar-refractivity contribution in [2.75, 3.05) is 21.3 Å². The Morgan fingerprint density at radius 2 is 1.65 bits per heavy atom. The lowest BCUT2D eigenvalue weighted by molar-refractivity contribution is -0.152. The van der Waals surface area contributed by atoms with E-state index in [4.69, 9.17) is 19.3 Å². The average Bonchev–Trinajstić information content (AvgIpc) is 2.50. The lowest BCUT2D eigenvalue weighted by Gasteiger charge is -2.32. The molecule has 1 aliphatic carbocycles. The van der Waals surface area contributed by atoms with E-state index in [0.717, 1.165) is 0 Å². The zero-order valence-corrected chi connectivity index (χ0v) is 13.4. The number of amides is 1. The molecule has 0 bridgehead atoms. The van der Waals surface area contributed by atoms with Gasteiger partial charge in [0, 0.05) is 12.1 Å². The predicted octanol–water partition coefficient (Wildman–Crippen LogP) is 1.44. The quantitative estimate of drug-likeness (QED) is 0.788. The molecule has 23 heavy (non-hydrogen) atoms. The Hall–Kier alpha value is -2.44. The minimum absolute atomic E-state index is 0.192. The van der Waals surface area contributed by atoms with Crippen LogP contribution in [0.5, 0.6) is 17.2 Å². The van der Waals surface area contributed by atoms with Crippen molar-refractivity contribution in [2.24, 2.45) is 11.8 Å². The SMILES string of the molecule is COc1cc(OC)c(CNC(=O)C2CCC2C(=O)O)c(OC)c1. The van der Waals surface area contributed by atoms with Gasteiger partial charge in [0.05, 0.1) is 45.3 Å². The Balaban J connectivity index is 2.10. The summed E-state index contributed by atoms with van der Waals surface area (Å²) >= 11 is 0. The van der Waals surface area contributed by atoms with Crippen LogP contribution in [0.2, 0.25) is 0 Å². The van der Waals surface area contributed by atoms with E-state index in [0.29, 0.717) is 35.7 Å². The van der Waals surface area contributed by atoms with Crippen molar-refractivity contribution in [3.05, 3.63) is 17.7 Å². The lowest BCUT2D eigenvalue weighted by Crippen LogP contribution is -2.43. The molecule has 2 rings (SSSR count). The summed E-state index contributed by atoms with van der Waals surface area (Å²) in [4.78, 5) is 23.2. The smallest absolute Gasteiger partial charge is 0.307 e. The fraction of sp³-hybridized carbons (Fsp3) is 0.500. The van der Waals surface area contributed by atoms with Crippen LogP contribution in [0.3, 0.4) is 0 Å². The van der Waals surface area contributed by atoms with Crippen LogP contribution >= 0.6 is 0 Å². The molecule has 1 aliphatic rings. The molecule has 1 saturated carbocycles. The van der Waals surface area contributed by atoms with Gasteiger partial charge in [0.25, 0.3) is 0 Å². The Morgan fingerprint density at radius 3 is 2.04 bits per heavy atom. The van der Waals surface area contributed by atoms with E-state index < -0.39 is 17.8 Å². The Labute approximate surface area is 134 Å². The molecule has 1 fully saturated rings. The van der Waals surface area contributed by atoms with E-state index in [1.165, 1.54) is 21.3 Å². The Kier molecular flexibility index (Phi) is 5.31. The average molecular weight is 323 g/mol. The second-order valence-corrected chi connectivity index (χ2v) is 5.36. The van der Waals surface area contributed by atoms with Crippen LogP contribution in [0, 0.1) is 11.8 Å². The van der Waals surface area contributed by atoms with Crippen LogP contribution in [0.1, 0.15) is 18.4 Å². The number of carboxylic acid groups (broad SMARTS) is 1. The van der Waals surface area contributed by atoms with E-state index >= 15 is 0 Å². The highest BCUT2D eigenvalue weighted by molar-refractivity contribution is 5.86. The summed E-state index contributed by atoms with van der Waals surface area (Å²) in [5.41, 5.74) is 0.676. The van der Waals surface area contributed by atoms with Crippen molar-refractivity contribution in [1.82, 2.24) is 5.32 Å². The van der Waals surface area contributed by atoms with Gasteiger partial charge in [-0.15, -0.1) is 0 Å². The first-order chi connectivity index (χ1) is 11.0. The van der Waals surface area contributed by atoms with Crippen molar-refractivity contribution < 1.29 is 28.9 Å². The standard InChI is InChI=1S/C16H21NO6/c1-21-9-6-13(22-2)12(14(7-9)23-3)8-17-15(18)10-4-5-11(10)16(19)20/h6-7,10-11H,4-5,8H2,1-3H3,(H,17,18)(H,19,20).